The van der Waals surface area contributed by atoms with E-state index in [1.165, 1.54) is 17.0 Å². The van der Waals surface area contributed by atoms with E-state index in [1.54, 1.807) is 26.0 Å². The summed E-state index contributed by atoms with van der Waals surface area (Å²) in [5.74, 6) is -1.37. The molecule has 0 saturated carbocycles. The molecule has 0 aromatic heterocycles. The second kappa shape index (κ2) is 7.47. The van der Waals surface area contributed by atoms with Gasteiger partial charge in [-0.1, -0.05) is 12.1 Å². The van der Waals surface area contributed by atoms with Crippen LogP contribution in [0.2, 0.25) is 0 Å². The summed E-state index contributed by atoms with van der Waals surface area (Å²) in [6.07, 6.45) is 0.489. The van der Waals surface area contributed by atoms with Crippen LogP contribution in [0.4, 0.5) is 9.18 Å². The Labute approximate surface area is 117 Å². The van der Waals surface area contributed by atoms with Gasteiger partial charge in [-0.3, -0.25) is 4.79 Å². The minimum atomic E-state index is -1.06. The van der Waals surface area contributed by atoms with E-state index in [1.807, 2.05) is 0 Å². The van der Waals surface area contributed by atoms with E-state index < -0.39 is 12.0 Å². The minimum absolute atomic E-state index is 0.208. The van der Waals surface area contributed by atoms with E-state index in [9.17, 15) is 14.0 Å². The Morgan fingerprint density at radius 3 is 2.65 bits per heavy atom. The molecule has 0 aliphatic rings. The summed E-state index contributed by atoms with van der Waals surface area (Å²) < 4.78 is 13.0. The van der Waals surface area contributed by atoms with Crippen molar-refractivity contribution in [3.8, 4) is 0 Å². The van der Waals surface area contributed by atoms with Crippen LogP contribution in [-0.4, -0.2) is 41.1 Å². The third kappa shape index (κ3) is 5.26. The smallest absolute Gasteiger partial charge is 0.323 e. The first-order valence-corrected chi connectivity index (χ1v) is 6.41. The van der Waals surface area contributed by atoms with Gasteiger partial charge in [-0.25, -0.2) is 9.18 Å². The van der Waals surface area contributed by atoms with E-state index in [0.29, 0.717) is 13.0 Å². The average Bonchev–Trinajstić information content (AvgIpc) is 2.35. The molecule has 0 fully saturated rings. The fourth-order valence-corrected chi connectivity index (χ4v) is 1.74. The van der Waals surface area contributed by atoms with Crippen LogP contribution in [0.3, 0.4) is 0 Å². The zero-order valence-electron chi connectivity index (χ0n) is 11.6. The zero-order valence-corrected chi connectivity index (χ0v) is 11.6. The van der Waals surface area contributed by atoms with Crippen LogP contribution in [0.5, 0.6) is 0 Å². The van der Waals surface area contributed by atoms with Gasteiger partial charge in [0.25, 0.3) is 0 Å². The molecule has 6 heteroatoms. The number of urea groups is 1. The molecule has 0 heterocycles. The third-order valence-corrected chi connectivity index (χ3v) is 2.77. The largest absolute Gasteiger partial charge is 0.480 e. The quantitative estimate of drug-likeness (QED) is 0.837. The number of nitrogens with one attached hydrogen (secondary N) is 1. The summed E-state index contributed by atoms with van der Waals surface area (Å²) in [4.78, 5) is 23.8. The predicted octanol–water partition coefficient (Wildman–Crippen LogP) is 1.87. The van der Waals surface area contributed by atoms with Gasteiger partial charge in [0.1, 0.15) is 12.4 Å². The van der Waals surface area contributed by atoms with Crippen molar-refractivity contribution in [2.24, 2.45) is 0 Å². The summed E-state index contributed by atoms with van der Waals surface area (Å²) in [7, 11) is 0. The van der Waals surface area contributed by atoms with Gasteiger partial charge in [-0.15, -0.1) is 0 Å². The number of carboxylic acids is 1. The van der Waals surface area contributed by atoms with E-state index in [4.69, 9.17) is 5.11 Å². The second-order valence-corrected chi connectivity index (χ2v) is 4.73. The zero-order chi connectivity index (χ0) is 15.1. The molecule has 0 aliphatic heterocycles. The van der Waals surface area contributed by atoms with Crippen LogP contribution >= 0.6 is 0 Å². The van der Waals surface area contributed by atoms with Crippen molar-refractivity contribution >= 4 is 12.0 Å². The van der Waals surface area contributed by atoms with Crippen molar-refractivity contribution in [2.75, 3.05) is 13.1 Å². The summed E-state index contributed by atoms with van der Waals surface area (Å²) in [6.45, 7) is 3.47. The lowest BCUT2D eigenvalue weighted by atomic mass is 10.1. The van der Waals surface area contributed by atoms with Crippen molar-refractivity contribution < 1.29 is 19.1 Å². The van der Waals surface area contributed by atoms with Gasteiger partial charge in [0, 0.05) is 12.6 Å². The molecule has 5 nitrogen and oxygen atoms in total. The molecule has 0 spiro atoms. The molecule has 0 atom stereocenters. The molecule has 1 aromatic rings. The first kappa shape index (κ1) is 15.9. The van der Waals surface area contributed by atoms with E-state index in [0.717, 1.165) is 5.56 Å². The van der Waals surface area contributed by atoms with Gasteiger partial charge in [0.2, 0.25) is 0 Å². The standard InChI is InChI=1S/C14H19FN2O3/c1-10(2)17(9-13(18)19)14(20)16-7-6-11-4-3-5-12(15)8-11/h3-5,8,10H,6-7,9H2,1-2H3,(H,16,20)(H,18,19). The summed E-state index contributed by atoms with van der Waals surface area (Å²) in [6, 6.07) is 5.50. The van der Waals surface area contributed by atoms with Crippen LogP contribution in [0.15, 0.2) is 24.3 Å². The Balaban J connectivity index is 2.47. The summed E-state index contributed by atoms with van der Waals surface area (Å²) in [5, 5.41) is 11.4. The van der Waals surface area contributed by atoms with Crippen LogP contribution < -0.4 is 5.32 Å². The van der Waals surface area contributed by atoms with Crippen molar-refractivity contribution in [1.29, 1.82) is 0 Å². The molecular weight excluding hydrogens is 263 g/mol. The third-order valence-electron chi connectivity index (χ3n) is 2.77. The fourth-order valence-electron chi connectivity index (χ4n) is 1.74. The highest BCUT2D eigenvalue weighted by atomic mass is 19.1. The van der Waals surface area contributed by atoms with Gasteiger partial charge < -0.3 is 15.3 Å². The number of amides is 2. The number of halogens is 1. The molecule has 110 valence electrons. The van der Waals surface area contributed by atoms with Crippen LogP contribution in [0.1, 0.15) is 19.4 Å². The Kier molecular flexibility index (Phi) is 5.96. The van der Waals surface area contributed by atoms with Crippen LogP contribution in [0.25, 0.3) is 0 Å². The molecule has 2 amide bonds. The number of aliphatic carboxylic acids is 1. The maximum absolute atomic E-state index is 13.0. The Morgan fingerprint density at radius 1 is 1.40 bits per heavy atom. The molecule has 2 N–H and O–H groups in total. The van der Waals surface area contributed by atoms with Gasteiger partial charge in [-0.05, 0) is 38.0 Å². The average molecular weight is 282 g/mol. The monoisotopic (exact) mass is 282 g/mol. The number of carbonyl (C=O) groups is 2. The molecule has 20 heavy (non-hydrogen) atoms. The van der Waals surface area contributed by atoms with Gasteiger partial charge in [0.05, 0.1) is 0 Å². The van der Waals surface area contributed by atoms with Crippen LogP contribution in [-0.2, 0) is 11.2 Å². The number of nitrogens with zero attached hydrogens (tertiary/aromatic N) is 1. The number of benzene rings is 1. The molecule has 0 unspecified atom stereocenters. The number of rotatable bonds is 6. The van der Waals surface area contributed by atoms with Gasteiger partial charge in [0.15, 0.2) is 0 Å². The van der Waals surface area contributed by atoms with Crippen molar-refractivity contribution in [1.82, 2.24) is 10.2 Å². The van der Waals surface area contributed by atoms with Gasteiger partial charge >= 0.3 is 12.0 Å². The van der Waals surface area contributed by atoms with E-state index in [-0.39, 0.29) is 18.4 Å². The van der Waals surface area contributed by atoms with Crippen LogP contribution in [0, 0.1) is 5.82 Å². The van der Waals surface area contributed by atoms with Crippen molar-refractivity contribution in [2.45, 2.75) is 26.3 Å². The molecule has 1 aromatic carbocycles. The number of hydrogen-bond acceptors (Lipinski definition) is 2. The van der Waals surface area contributed by atoms with Crippen molar-refractivity contribution in [3.05, 3.63) is 35.6 Å². The first-order valence-electron chi connectivity index (χ1n) is 6.41. The molecule has 0 radical (unpaired) electrons. The number of carbonyl (C=O) groups excluding carboxylic acids is 1. The van der Waals surface area contributed by atoms with E-state index in [2.05, 4.69) is 5.32 Å². The lowest BCUT2D eigenvalue weighted by molar-refractivity contribution is -0.138. The summed E-state index contributed by atoms with van der Waals surface area (Å²) >= 11 is 0. The Bertz CT molecular complexity index is 477. The molecule has 0 bridgehead atoms. The van der Waals surface area contributed by atoms with E-state index >= 15 is 0 Å². The minimum Gasteiger partial charge on any atom is -0.480 e. The first-order chi connectivity index (χ1) is 9.40. The highest BCUT2D eigenvalue weighted by Crippen LogP contribution is 2.04. The SMILES string of the molecule is CC(C)N(CC(=O)O)C(=O)NCCc1cccc(F)c1. The maximum atomic E-state index is 13.0. The highest BCUT2D eigenvalue weighted by molar-refractivity contribution is 5.80. The lowest BCUT2D eigenvalue weighted by Crippen LogP contribution is -2.46. The molecule has 0 aliphatic carbocycles. The Hall–Kier alpha value is -2.11. The number of hydrogen-bond donors (Lipinski definition) is 2. The molecule has 0 saturated heterocycles. The maximum Gasteiger partial charge on any atom is 0.323 e. The molecule has 1 rings (SSSR count). The normalized spacial score (nSPS) is 10.4. The topological polar surface area (TPSA) is 69.6 Å². The highest BCUT2D eigenvalue weighted by Gasteiger charge is 2.19. The fraction of sp³-hybridized carbons (Fsp3) is 0.429. The van der Waals surface area contributed by atoms with Crippen molar-refractivity contribution in [3.63, 3.8) is 0 Å². The lowest BCUT2D eigenvalue weighted by Gasteiger charge is -2.25. The molecular formula is C14H19FN2O3. The van der Waals surface area contributed by atoms with Gasteiger partial charge in [-0.2, -0.15) is 0 Å². The summed E-state index contributed by atoms with van der Waals surface area (Å²) in [5.41, 5.74) is 0.777. The predicted molar refractivity (Wildman–Crippen MR) is 73.0 cm³/mol. The Morgan fingerprint density at radius 2 is 2.10 bits per heavy atom. The number of carboxylic acid groups (broad SMARTS) is 1. The second-order valence-electron chi connectivity index (χ2n) is 4.73.